The summed E-state index contributed by atoms with van der Waals surface area (Å²) >= 11 is 6.17. The van der Waals surface area contributed by atoms with Gasteiger partial charge in [0.1, 0.15) is 17.9 Å². The third-order valence-electron chi connectivity index (χ3n) is 3.19. The first-order valence-corrected chi connectivity index (χ1v) is 7.32. The molecular formula is C13H19ClF2N4O. The lowest BCUT2D eigenvalue weighted by molar-refractivity contribution is 0.0148. The van der Waals surface area contributed by atoms with Gasteiger partial charge in [-0.3, -0.25) is 0 Å². The fraction of sp³-hybridized carbons (Fsp3) is 0.692. The molecule has 0 amide bonds. The number of hydrogen-bond donors (Lipinski definition) is 0. The van der Waals surface area contributed by atoms with Crippen molar-refractivity contribution < 1.29 is 13.5 Å². The molecule has 0 saturated carbocycles. The van der Waals surface area contributed by atoms with Gasteiger partial charge < -0.3 is 9.30 Å². The molecule has 2 aromatic heterocycles. The average Bonchev–Trinajstić information content (AvgIpc) is 2.93. The normalized spacial score (nSPS) is 13.5. The SMILES string of the molecule is CCn1nc(C)c2nc(C(C)Cl)n(CCOCC(F)F)c21. The van der Waals surface area contributed by atoms with Crippen molar-refractivity contribution in [1.29, 1.82) is 0 Å². The molecule has 2 heterocycles. The molecule has 0 aromatic carbocycles. The van der Waals surface area contributed by atoms with E-state index in [1.807, 2.05) is 30.0 Å². The summed E-state index contributed by atoms with van der Waals surface area (Å²) in [6.45, 7) is 6.45. The van der Waals surface area contributed by atoms with Crippen molar-refractivity contribution in [3.05, 3.63) is 11.5 Å². The third kappa shape index (κ3) is 3.35. The Morgan fingerprint density at radius 1 is 1.38 bits per heavy atom. The second-order valence-corrected chi connectivity index (χ2v) is 5.43. The Morgan fingerprint density at radius 2 is 2.10 bits per heavy atom. The van der Waals surface area contributed by atoms with Crippen molar-refractivity contribution in [2.24, 2.45) is 0 Å². The summed E-state index contributed by atoms with van der Waals surface area (Å²) < 4.78 is 32.9. The molecule has 1 unspecified atom stereocenters. The quantitative estimate of drug-likeness (QED) is 0.581. The van der Waals surface area contributed by atoms with Crippen LogP contribution in [0.25, 0.3) is 11.2 Å². The van der Waals surface area contributed by atoms with Gasteiger partial charge in [-0.05, 0) is 20.8 Å². The molecule has 5 nitrogen and oxygen atoms in total. The molecule has 0 aliphatic carbocycles. The zero-order chi connectivity index (χ0) is 15.6. The van der Waals surface area contributed by atoms with E-state index in [1.54, 1.807) is 0 Å². The molecule has 0 N–H and O–H groups in total. The minimum Gasteiger partial charge on any atom is -0.374 e. The molecule has 0 saturated heterocycles. The van der Waals surface area contributed by atoms with Crippen molar-refractivity contribution in [2.45, 2.75) is 45.7 Å². The van der Waals surface area contributed by atoms with Crippen molar-refractivity contribution in [1.82, 2.24) is 19.3 Å². The van der Waals surface area contributed by atoms with Gasteiger partial charge in [-0.25, -0.2) is 18.4 Å². The molecule has 118 valence electrons. The summed E-state index contributed by atoms with van der Waals surface area (Å²) in [6, 6.07) is 0. The monoisotopic (exact) mass is 320 g/mol. The summed E-state index contributed by atoms with van der Waals surface area (Å²) in [5.74, 6) is 0.704. The minimum atomic E-state index is -2.46. The standard InChI is InChI=1S/C13H19ClF2N4O/c1-4-20-13-11(9(3)18-20)17-12(8(2)14)19(13)5-6-21-7-10(15)16/h8,10H,4-7H2,1-3H3. The van der Waals surface area contributed by atoms with Gasteiger partial charge in [0.05, 0.1) is 17.7 Å². The highest BCUT2D eigenvalue weighted by Crippen LogP contribution is 2.26. The highest BCUT2D eigenvalue weighted by atomic mass is 35.5. The topological polar surface area (TPSA) is 44.9 Å². The molecule has 0 aliphatic heterocycles. The zero-order valence-electron chi connectivity index (χ0n) is 12.3. The van der Waals surface area contributed by atoms with E-state index >= 15 is 0 Å². The summed E-state index contributed by atoms with van der Waals surface area (Å²) in [5.41, 5.74) is 2.49. The maximum absolute atomic E-state index is 12.1. The zero-order valence-corrected chi connectivity index (χ0v) is 13.1. The van der Waals surface area contributed by atoms with Gasteiger partial charge in [-0.1, -0.05) is 0 Å². The molecule has 0 fully saturated rings. The lowest BCUT2D eigenvalue weighted by Gasteiger charge is -2.12. The first-order chi connectivity index (χ1) is 9.95. The van der Waals surface area contributed by atoms with Gasteiger partial charge in [0.15, 0.2) is 5.65 Å². The van der Waals surface area contributed by atoms with Gasteiger partial charge >= 0.3 is 0 Å². The number of rotatable bonds is 7. The Morgan fingerprint density at radius 3 is 2.67 bits per heavy atom. The second-order valence-electron chi connectivity index (χ2n) is 4.78. The van der Waals surface area contributed by atoms with E-state index in [-0.39, 0.29) is 12.0 Å². The molecular weight excluding hydrogens is 302 g/mol. The molecule has 0 bridgehead atoms. The highest BCUT2D eigenvalue weighted by Gasteiger charge is 2.20. The lowest BCUT2D eigenvalue weighted by atomic mass is 10.4. The third-order valence-corrected chi connectivity index (χ3v) is 3.38. The van der Waals surface area contributed by atoms with Crippen molar-refractivity contribution in [3.63, 3.8) is 0 Å². The predicted octanol–water partition coefficient (Wildman–Crippen LogP) is 3.14. The molecule has 0 spiro atoms. The number of halogens is 3. The summed E-state index contributed by atoms with van der Waals surface area (Å²) in [6.07, 6.45) is -2.46. The van der Waals surface area contributed by atoms with E-state index in [1.165, 1.54) is 0 Å². The van der Waals surface area contributed by atoms with Crippen LogP contribution in [-0.4, -0.2) is 39.0 Å². The minimum absolute atomic E-state index is 0.181. The number of imidazole rings is 1. The molecule has 8 heteroatoms. The lowest BCUT2D eigenvalue weighted by Crippen LogP contribution is -2.15. The van der Waals surface area contributed by atoms with Gasteiger partial charge in [0.25, 0.3) is 6.43 Å². The molecule has 2 rings (SSSR count). The maximum atomic E-state index is 12.1. The van der Waals surface area contributed by atoms with E-state index in [0.29, 0.717) is 18.9 Å². The van der Waals surface area contributed by atoms with E-state index in [0.717, 1.165) is 16.9 Å². The van der Waals surface area contributed by atoms with Crippen LogP contribution in [0.5, 0.6) is 0 Å². The number of nitrogens with zero attached hydrogens (tertiary/aromatic N) is 4. The van der Waals surface area contributed by atoms with Crippen LogP contribution >= 0.6 is 11.6 Å². The summed E-state index contributed by atoms with van der Waals surface area (Å²) in [5, 5.41) is 4.13. The van der Waals surface area contributed by atoms with Crippen LogP contribution in [0, 0.1) is 6.92 Å². The van der Waals surface area contributed by atoms with E-state index in [9.17, 15) is 8.78 Å². The number of ether oxygens (including phenoxy) is 1. The Labute approximate surface area is 126 Å². The molecule has 21 heavy (non-hydrogen) atoms. The summed E-state index contributed by atoms with van der Waals surface area (Å²) in [4.78, 5) is 4.54. The Kier molecular flexibility index (Phi) is 5.16. The number of alkyl halides is 3. The van der Waals surface area contributed by atoms with Crippen LogP contribution in [0.3, 0.4) is 0 Å². The van der Waals surface area contributed by atoms with Crippen LogP contribution in [0.2, 0.25) is 0 Å². The van der Waals surface area contributed by atoms with Crippen LogP contribution in [0.15, 0.2) is 0 Å². The highest BCUT2D eigenvalue weighted by molar-refractivity contribution is 6.20. The van der Waals surface area contributed by atoms with Crippen LogP contribution < -0.4 is 0 Å². The largest absolute Gasteiger partial charge is 0.374 e. The Balaban J connectivity index is 2.31. The number of fused-ring (bicyclic) bond motifs is 1. The van der Waals surface area contributed by atoms with Crippen molar-refractivity contribution in [3.8, 4) is 0 Å². The van der Waals surface area contributed by atoms with E-state index in [2.05, 4.69) is 10.1 Å². The van der Waals surface area contributed by atoms with Crippen LogP contribution in [0.1, 0.15) is 30.7 Å². The number of aromatic nitrogens is 4. The fourth-order valence-electron chi connectivity index (χ4n) is 2.31. The van der Waals surface area contributed by atoms with Crippen molar-refractivity contribution in [2.75, 3.05) is 13.2 Å². The van der Waals surface area contributed by atoms with Crippen molar-refractivity contribution >= 4 is 22.8 Å². The Hall–Kier alpha value is -1.21. The second kappa shape index (κ2) is 6.70. The van der Waals surface area contributed by atoms with Crippen LogP contribution in [0.4, 0.5) is 8.78 Å². The first-order valence-electron chi connectivity index (χ1n) is 6.89. The molecule has 1 atom stereocenters. The van der Waals surface area contributed by atoms with Gasteiger partial charge in [0.2, 0.25) is 0 Å². The van der Waals surface area contributed by atoms with E-state index in [4.69, 9.17) is 16.3 Å². The van der Waals surface area contributed by atoms with Gasteiger partial charge in [0, 0.05) is 13.1 Å². The predicted molar refractivity (Wildman–Crippen MR) is 77.0 cm³/mol. The maximum Gasteiger partial charge on any atom is 0.261 e. The smallest absolute Gasteiger partial charge is 0.261 e. The van der Waals surface area contributed by atoms with E-state index < -0.39 is 13.0 Å². The summed E-state index contributed by atoms with van der Waals surface area (Å²) in [7, 11) is 0. The first kappa shape index (κ1) is 16.2. The molecule has 0 aliphatic rings. The van der Waals surface area contributed by atoms with Gasteiger partial charge in [-0.2, -0.15) is 5.10 Å². The average molecular weight is 321 g/mol. The molecule has 2 aromatic rings. The Bertz CT molecular complexity index is 609. The number of hydrogen-bond acceptors (Lipinski definition) is 3. The van der Waals surface area contributed by atoms with Gasteiger partial charge in [-0.15, -0.1) is 11.6 Å². The van der Waals surface area contributed by atoms with Crippen LogP contribution in [-0.2, 0) is 17.8 Å². The fourth-order valence-corrected chi connectivity index (χ4v) is 2.48. The number of aryl methyl sites for hydroxylation is 2. The molecule has 0 radical (unpaired) electrons.